The fourth-order valence-corrected chi connectivity index (χ4v) is 1.80. The van der Waals surface area contributed by atoms with Crippen LogP contribution in [-0.2, 0) is 4.79 Å². The lowest BCUT2D eigenvalue weighted by atomic mass is 10.1. The number of carbonyl (C=O) groups excluding carboxylic acids is 2. The molecular formula is C17H15FN2O2. The molecule has 0 unspecified atom stereocenters. The standard InChI is InChI=1S/C17H15FN2O2/c1-19-17(22)15(11-12-7-9-14(18)10-8-12)20-16(21)13-5-3-2-4-6-13/h2-11H,1H3,(H,19,22)(H,20,21). The second kappa shape index (κ2) is 7.17. The van der Waals surface area contributed by atoms with Gasteiger partial charge in [-0.25, -0.2) is 4.39 Å². The predicted molar refractivity (Wildman–Crippen MR) is 82.4 cm³/mol. The van der Waals surface area contributed by atoms with E-state index in [0.717, 1.165) is 0 Å². The van der Waals surface area contributed by atoms with Crippen LogP contribution in [0.25, 0.3) is 6.08 Å². The Morgan fingerprint density at radius 2 is 1.64 bits per heavy atom. The zero-order valence-electron chi connectivity index (χ0n) is 12.0. The summed E-state index contributed by atoms with van der Waals surface area (Å²) in [5, 5.41) is 5.02. The van der Waals surface area contributed by atoms with Gasteiger partial charge in [0.15, 0.2) is 0 Å². The second-order valence-corrected chi connectivity index (χ2v) is 4.51. The maximum atomic E-state index is 12.9. The summed E-state index contributed by atoms with van der Waals surface area (Å²) in [5.74, 6) is -1.20. The van der Waals surface area contributed by atoms with E-state index in [1.54, 1.807) is 30.3 Å². The van der Waals surface area contributed by atoms with Crippen molar-refractivity contribution in [2.75, 3.05) is 7.05 Å². The van der Waals surface area contributed by atoms with E-state index >= 15 is 0 Å². The number of carbonyl (C=O) groups is 2. The van der Waals surface area contributed by atoms with E-state index in [-0.39, 0.29) is 11.5 Å². The van der Waals surface area contributed by atoms with Crippen LogP contribution in [0.2, 0.25) is 0 Å². The molecule has 0 atom stereocenters. The summed E-state index contributed by atoms with van der Waals surface area (Å²) < 4.78 is 12.9. The normalized spacial score (nSPS) is 10.9. The Morgan fingerprint density at radius 1 is 1.00 bits per heavy atom. The van der Waals surface area contributed by atoms with Crippen LogP contribution < -0.4 is 10.6 Å². The fourth-order valence-electron chi connectivity index (χ4n) is 1.80. The molecule has 2 rings (SSSR count). The van der Waals surface area contributed by atoms with E-state index in [9.17, 15) is 14.0 Å². The van der Waals surface area contributed by atoms with Gasteiger partial charge in [-0.1, -0.05) is 30.3 Å². The highest BCUT2D eigenvalue weighted by Crippen LogP contribution is 2.08. The molecule has 22 heavy (non-hydrogen) atoms. The summed E-state index contributed by atoms with van der Waals surface area (Å²) in [7, 11) is 1.47. The predicted octanol–water partition coefficient (Wildman–Crippen LogP) is 2.34. The van der Waals surface area contributed by atoms with Crippen molar-refractivity contribution in [3.05, 3.63) is 77.2 Å². The van der Waals surface area contributed by atoms with E-state index in [4.69, 9.17) is 0 Å². The maximum absolute atomic E-state index is 12.9. The van der Waals surface area contributed by atoms with Gasteiger partial charge in [0.1, 0.15) is 11.5 Å². The van der Waals surface area contributed by atoms with Gasteiger partial charge in [0.2, 0.25) is 0 Å². The average molecular weight is 298 g/mol. The number of hydrogen-bond acceptors (Lipinski definition) is 2. The number of nitrogens with one attached hydrogen (secondary N) is 2. The molecule has 0 bridgehead atoms. The third-order valence-electron chi connectivity index (χ3n) is 2.94. The molecule has 2 amide bonds. The Hall–Kier alpha value is -2.95. The van der Waals surface area contributed by atoms with E-state index in [1.807, 2.05) is 0 Å². The fraction of sp³-hybridized carbons (Fsp3) is 0.0588. The summed E-state index contributed by atoms with van der Waals surface area (Å²) in [6.45, 7) is 0. The van der Waals surface area contributed by atoms with E-state index in [2.05, 4.69) is 10.6 Å². The Morgan fingerprint density at radius 3 is 2.23 bits per heavy atom. The van der Waals surface area contributed by atoms with Gasteiger partial charge in [-0.05, 0) is 35.9 Å². The molecule has 0 spiro atoms. The molecule has 0 radical (unpaired) electrons. The molecule has 5 heteroatoms. The number of amides is 2. The number of likely N-dealkylation sites (N-methyl/N-ethyl adjacent to an activating group) is 1. The van der Waals surface area contributed by atoms with Crippen LogP contribution in [0.1, 0.15) is 15.9 Å². The number of benzene rings is 2. The topological polar surface area (TPSA) is 58.2 Å². The number of halogens is 1. The molecule has 4 nitrogen and oxygen atoms in total. The van der Waals surface area contributed by atoms with Crippen molar-refractivity contribution in [1.82, 2.24) is 10.6 Å². The van der Waals surface area contributed by atoms with E-state index in [0.29, 0.717) is 11.1 Å². The van der Waals surface area contributed by atoms with Crippen LogP contribution in [0.3, 0.4) is 0 Å². The van der Waals surface area contributed by atoms with Crippen molar-refractivity contribution in [3.8, 4) is 0 Å². The van der Waals surface area contributed by atoms with Gasteiger partial charge in [-0.3, -0.25) is 9.59 Å². The smallest absolute Gasteiger partial charge is 0.267 e. The molecule has 2 aromatic rings. The van der Waals surface area contributed by atoms with Crippen molar-refractivity contribution in [3.63, 3.8) is 0 Å². The van der Waals surface area contributed by atoms with Crippen molar-refractivity contribution in [2.45, 2.75) is 0 Å². The van der Waals surface area contributed by atoms with Crippen LogP contribution in [0.5, 0.6) is 0 Å². The molecule has 0 saturated heterocycles. The third-order valence-corrected chi connectivity index (χ3v) is 2.94. The molecule has 2 aromatic carbocycles. The van der Waals surface area contributed by atoms with Gasteiger partial charge in [0.05, 0.1) is 0 Å². The van der Waals surface area contributed by atoms with Crippen LogP contribution >= 0.6 is 0 Å². The van der Waals surface area contributed by atoms with Gasteiger partial charge >= 0.3 is 0 Å². The van der Waals surface area contributed by atoms with E-state index in [1.165, 1.54) is 37.4 Å². The highest BCUT2D eigenvalue weighted by Gasteiger charge is 2.13. The summed E-state index contributed by atoms with van der Waals surface area (Å²) in [6.07, 6.45) is 1.49. The molecule has 2 N–H and O–H groups in total. The summed E-state index contributed by atoms with van der Waals surface area (Å²) in [4.78, 5) is 24.0. The third kappa shape index (κ3) is 4.02. The first-order valence-corrected chi connectivity index (χ1v) is 6.66. The molecule has 0 saturated carbocycles. The molecule has 0 aliphatic rings. The monoisotopic (exact) mass is 298 g/mol. The Kier molecular flexibility index (Phi) is 5.03. The van der Waals surface area contributed by atoms with Gasteiger partial charge in [0.25, 0.3) is 11.8 Å². The average Bonchev–Trinajstić information content (AvgIpc) is 2.56. The number of hydrogen-bond donors (Lipinski definition) is 2. The lowest BCUT2D eigenvalue weighted by molar-refractivity contribution is -0.117. The van der Waals surface area contributed by atoms with Gasteiger partial charge < -0.3 is 10.6 Å². The largest absolute Gasteiger partial charge is 0.354 e. The zero-order valence-corrected chi connectivity index (χ0v) is 12.0. The molecule has 0 aromatic heterocycles. The lowest BCUT2D eigenvalue weighted by Crippen LogP contribution is -2.33. The first-order valence-electron chi connectivity index (χ1n) is 6.66. The Labute approximate surface area is 127 Å². The number of rotatable bonds is 4. The second-order valence-electron chi connectivity index (χ2n) is 4.51. The molecule has 0 aliphatic heterocycles. The van der Waals surface area contributed by atoms with Crippen LogP contribution in [-0.4, -0.2) is 18.9 Å². The van der Waals surface area contributed by atoms with Crippen molar-refractivity contribution in [2.24, 2.45) is 0 Å². The summed E-state index contributed by atoms with van der Waals surface area (Å²) in [6, 6.07) is 14.2. The first-order chi connectivity index (χ1) is 10.6. The minimum atomic E-state index is -0.436. The molecule has 112 valence electrons. The lowest BCUT2D eigenvalue weighted by Gasteiger charge is -2.09. The van der Waals surface area contributed by atoms with E-state index < -0.39 is 11.8 Å². The van der Waals surface area contributed by atoms with Gasteiger partial charge in [-0.2, -0.15) is 0 Å². The highest BCUT2D eigenvalue weighted by atomic mass is 19.1. The SMILES string of the molecule is CNC(=O)C(=Cc1ccc(F)cc1)NC(=O)c1ccccc1. The summed E-state index contributed by atoms with van der Waals surface area (Å²) in [5.41, 5.74) is 1.13. The maximum Gasteiger partial charge on any atom is 0.267 e. The van der Waals surface area contributed by atoms with Crippen molar-refractivity contribution < 1.29 is 14.0 Å². The molecule has 0 heterocycles. The molecular weight excluding hydrogens is 283 g/mol. The van der Waals surface area contributed by atoms with Gasteiger partial charge in [-0.15, -0.1) is 0 Å². The van der Waals surface area contributed by atoms with Crippen LogP contribution in [0, 0.1) is 5.82 Å². The Bertz CT molecular complexity index is 694. The quantitative estimate of drug-likeness (QED) is 0.851. The molecule has 0 aliphatic carbocycles. The minimum absolute atomic E-state index is 0.0861. The summed E-state index contributed by atoms with van der Waals surface area (Å²) >= 11 is 0. The Balaban J connectivity index is 2.25. The highest BCUT2D eigenvalue weighted by molar-refractivity contribution is 6.05. The van der Waals surface area contributed by atoms with Crippen LogP contribution in [0.15, 0.2) is 60.3 Å². The van der Waals surface area contributed by atoms with Gasteiger partial charge in [0, 0.05) is 12.6 Å². The van der Waals surface area contributed by atoms with Crippen molar-refractivity contribution in [1.29, 1.82) is 0 Å². The minimum Gasteiger partial charge on any atom is -0.354 e. The van der Waals surface area contributed by atoms with Crippen molar-refractivity contribution >= 4 is 17.9 Å². The first kappa shape index (κ1) is 15.4. The zero-order chi connectivity index (χ0) is 15.9. The van der Waals surface area contributed by atoms with Crippen LogP contribution in [0.4, 0.5) is 4.39 Å². The molecule has 0 fully saturated rings.